The van der Waals surface area contributed by atoms with Gasteiger partial charge in [-0.3, -0.25) is 14.6 Å². The predicted molar refractivity (Wildman–Crippen MR) is 100 cm³/mol. The molecule has 0 aliphatic carbocycles. The molecule has 0 radical (unpaired) electrons. The number of alkyl halides is 3. The van der Waals surface area contributed by atoms with Gasteiger partial charge in [0.15, 0.2) is 6.61 Å². The molecular formula is C19H16ClF4N3O3. The maximum Gasteiger partial charge on any atom is 0.416 e. The Kier molecular flexibility index (Phi) is 7.76. The standard InChI is InChI=1S/C19H16ClF4N3O3/c1-11(27-18(29)16-8-12(5-7-25-16)19(22,23)24)4-6-26-17(28)10-30-13-2-3-14(20)15(21)9-13/h2-3,5,7-9H,1,4,6,10H2,(H,26,28)(H,27,29). The Balaban J connectivity index is 1.74. The van der Waals surface area contributed by atoms with Crippen molar-refractivity contribution in [1.29, 1.82) is 0 Å². The fourth-order valence-electron chi connectivity index (χ4n) is 2.14. The van der Waals surface area contributed by atoms with Gasteiger partial charge < -0.3 is 15.4 Å². The summed E-state index contributed by atoms with van der Waals surface area (Å²) in [6.07, 6.45) is -3.60. The van der Waals surface area contributed by atoms with E-state index in [0.717, 1.165) is 18.3 Å². The van der Waals surface area contributed by atoms with Gasteiger partial charge in [-0.15, -0.1) is 0 Å². The third kappa shape index (κ3) is 7.03. The van der Waals surface area contributed by atoms with E-state index in [4.69, 9.17) is 16.3 Å². The van der Waals surface area contributed by atoms with Crippen LogP contribution in [-0.2, 0) is 11.0 Å². The lowest BCUT2D eigenvalue weighted by atomic mass is 10.2. The fraction of sp³-hybridized carbons (Fsp3) is 0.211. The molecule has 1 heterocycles. The summed E-state index contributed by atoms with van der Waals surface area (Å²) in [5, 5.41) is 4.73. The van der Waals surface area contributed by atoms with E-state index in [1.165, 1.54) is 12.1 Å². The normalized spacial score (nSPS) is 11.0. The maximum absolute atomic E-state index is 13.3. The van der Waals surface area contributed by atoms with E-state index in [-0.39, 0.29) is 36.0 Å². The minimum absolute atomic E-state index is 0.0757. The van der Waals surface area contributed by atoms with Crippen LogP contribution >= 0.6 is 11.6 Å². The van der Waals surface area contributed by atoms with Gasteiger partial charge in [0.1, 0.15) is 17.3 Å². The van der Waals surface area contributed by atoms with Crippen molar-refractivity contribution in [3.8, 4) is 5.75 Å². The van der Waals surface area contributed by atoms with Crippen LogP contribution in [0.5, 0.6) is 5.75 Å². The van der Waals surface area contributed by atoms with E-state index in [0.29, 0.717) is 6.07 Å². The summed E-state index contributed by atoms with van der Waals surface area (Å²) in [6, 6.07) is 5.10. The Labute approximate surface area is 173 Å². The molecule has 6 nitrogen and oxygen atoms in total. The third-order valence-electron chi connectivity index (χ3n) is 3.62. The number of nitrogens with one attached hydrogen (secondary N) is 2. The van der Waals surface area contributed by atoms with Gasteiger partial charge in [0.2, 0.25) is 0 Å². The molecule has 0 bridgehead atoms. The Morgan fingerprint density at radius 3 is 2.60 bits per heavy atom. The smallest absolute Gasteiger partial charge is 0.416 e. The number of pyridine rings is 1. The largest absolute Gasteiger partial charge is 0.484 e. The van der Waals surface area contributed by atoms with E-state index < -0.39 is 35.1 Å². The number of carbonyl (C=O) groups excluding carboxylic acids is 2. The molecule has 0 aliphatic rings. The third-order valence-corrected chi connectivity index (χ3v) is 3.93. The van der Waals surface area contributed by atoms with E-state index in [1.807, 2.05) is 0 Å². The summed E-state index contributed by atoms with van der Waals surface area (Å²) in [6.45, 7) is 3.28. The van der Waals surface area contributed by atoms with Gasteiger partial charge in [-0.1, -0.05) is 18.2 Å². The molecule has 2 N–H and O–H groups in total. The number of ether oxygens (including phenoxy) is 1. The van der Waals surface area contributed by atoms with Crippen molar-refractivity contribution in [2.45, 2.75) is 12.6 Å². The Hall–Kier alpha value is -3.14. The highest BCUT2D eigenvalue weighted by Crippen LogP contribution is 2.29. The Morgan fingerprint density at radius 1 is 1.20 bits per heavy atom. The SMILES string of the molecule is C=C(CCNC(=O)COc1ccc(Cl)c(F)c1)NC(=O)c1cc(C(F)(F)F)ccn1. The number of hydrogen-bond acceptors (Lipinski definition) is 4. The lowest BCUT2D eigenvalue weighted by Gasteiger charge is -2.11. The summed E-state index contributed by atoms with van der Waals surface area (Å²) in [5.41, 5.74) is -1.25. The number of aromatic nitrogens is 1. The van der Waals surface area contributed by atoms with Crippen LogP contribution in [0.25, 0.3) is 0 Å². The minimum Gasteiger partial charge on any atom is -0.484 e. The van der Waals surface area contributed by atoms with Crippen LogP contribution in [0.15, 0.2) is 48.8 Å². The minimum atomic E-state index is -4.60. The number of halogens is 5. The van der Waals surface area contributed by atoms with Gasteiger partial charge in [-0.05, 0) is 24.3 Å². The number of hydrogen-bond donors (Lipinski definition) is 2. The summed E-state index contributed by atoms with van der Waals surface area (Å²) in [4.78, 5) is 27.3. The highest BCUT2D eigenvalue weighted by Gasteiger charge is 2.31. The van der Waals surface area contributed by atoms with E-state index in [1.54, 1.807) is 0 Å². The molecule has 2 amide bonds. The molecule has 1 aromatic carbocycles. The van der Waals surface area contributed by atoms with Crippen LogP contribution in [0.1, 0.15) is 22.5 Å². The molecular weight excluding hydrogens is 430 g/mol. The molecule has 11 heteroatoms. The molecule has 2 rings (SSSR count). The number of rotatable bonds is 8. The Morgan fingerprint density at radius 2 is 1.93 bits per heavy atom. The van der Waals surface area contributed by atoms with Crippen molar-refractivity contribution < 1.29 is 31.9 Å². The molecule has 0 spiro atoms. The second-order valence-electron chi connectivity index (χ2n) is 5.95. The van der Waals surface area contributed by atoms with Gasteiger partial charge in [0.05, 0.1) is 10.6 Å². The zero-order valence-electron chi connectivity index (χ0n) is 15.4. The predicted octanol–water partition coefficient (Wildman–Crippen LogP) is 3.72. The number of benzene rings is 1. The summed E-state index contributed by atoms with van der Waals surface area (Å²) in [5.74, 6) is -1.93. The van der Waals surface area contributed by atoms with E-state index in [9.17, 15) is 27.2 Å². The lowest BCUT2D eigenvalue weighted by molar-refractivity contribution is -0.137. The molecule has 0 saturated heterocycles. The van der Waals surface area contributed by atoms with Crippen LogP contribution < -0.4 is 15.4 Å². The van der Waals surface area contributed by atoms with Gasteiger partial charge in [0, 0.05) is 30.9 Å². The number of nitrogens with zero attached hydrogens (tertiary/aromatic N) is 1. The van der Waals surface area contributed by atoms with Crippen molar-refractivity contribution >= 4 is 23.4 Å². The highest BCUT2D eigenvalue weighted by atomic mass is 35.5. The average molecular weight is 446 g/mol. The van der Waals surface area contributed by atoms with E-state index >= 15 is 0 Å². The van der Waals surface area contributed by atoms with E-state index in [2.05, 4.69) is 22.2 Å². The monoisotopic (exact) mass is 445 g/mol. The molecule has 0 aliphatic heterocycles. The van der Waals surface area contributed by atoms with Gasteiger partial charge >= 0.3 is 6.18 Å². The van der Waals surface area contributed by atoms with Crippen LogP contribution in [0.4, 0.5) is 17.6 Å². The van der Waals surface area contributed by atoms with Crippen molar-refractivity contribution in [2.24, 2.45) is 0 Å². The Bertz CT molecular complexity index is 951. The first-order valence-corrected chi connectivity index (χ1v) is 8.81. The molecule has 0 unspecified atom stereocenters. The number of carbonyl (C=O) groups is 2. The molecule has 2 aromatic rings. The van der Waals surface area contributed by atoms with Crippen molar-refractivity contribution in [2.75, 3.05) is 13.2 Å². The van der Waals surface area contributed by atoms with Gasteiger partial charge in [-0.25, -0.2) is 4.39 Å². The van der Waals surface area contributed by atoms with Crippen LogP contribution in [0, 0.1) is 5.82 Å². The van der Waals surface area contributed by atoms with Gasteiger partial charge in [-0.2, -0.15) is 13.2 Å². The highest BCUT2D eigenvalue weighted by molar-refractivity contribution is 6.30. The van der Waals surface area contributed by atoms with Crippen LogP contribution in [-0.4, -0.2) is 29.9 Å². The summed E-state index contributed by atoms with van der Waals surface area (Å²) in [7, 11) is 0. The fourth-order valence-corrected chi connectivity index (χ4v) is 2.26. The van der Waals surface area contributed by atoms with Crippen molar-refractivity contribution in [3.05, 3.63) is 70.9 Å². The average Bonchev–Trinajstić information content (AvgIpc) is 2.68. The second-order valence-corrected chi connectivity index (χ2v) is 6.36. The van der Waals surface area contributed by atoms with Gasteiger partial charge in [0.25, 0.3) is 11.8 Å². The molecule has 1 aromatic heterocycles. The summed E-state index contributed by atoms with van der Waals surface area (Å²) >= 11 is 5.54. The quantitative estimate of drug-likeness (QED) is 0.607. The molecule has 160 valence electrons. The second kappa shape index (κ2) is 10.1. The van der Waals surface area contributed by atoms with Crippen LogP contribution in [0.2, 0.25) is 5.02 Å². The topological polar surface area (TPSA) is 80.3 Å². The molecule has 0 atom stereocenters. The van der Waals surface area contributed by atoms with Crippen molar-refractivity contribution in [1.82, 2.24) is 15.6 Å². The van der Waals surface area contributed by atoms with Crippen LogP contribution in [0.3, 0.4) is 0 Å². The zero-order valence-corrected chi connectivity index (χ0v) is 16.1. The summed E-state index contributed by atoms with van der Waals surface area (Å²) < 4.78 is 56.5. The first-order valence-electron chi connectivity index (χ1n) is 8.43. The first kappa shape index (κ1) is 23.1. The molecule has 0 fully saturated rings. The number of amides is 2. The zero-order chi connectivity index (χ0) is 22.3. The van der Waals surface area contributed by atoms with Crippen molar-refractivity contribution in [3.63, 3.8) is 0 Å². The molecule has 30 heavy (non-hydrogen) atoms. The first-order chi connectivity index (χ1) is 14.1. The maximum atomic E-state index is 13.3. The molecule has 0 saturated carbocycles. The lowest BCUT2D eigenvalue weighted by Crippen LogP contribution is -2.31.